The number of hydrogen-bond acceptors (Lipinski definition) is 6. The highest BCUT2D eigenvalue weighted by atomic mass is 16.5. The monoisotopic (exact) mass is 561 g/mol. The van der Waals surface area contributed by atoms with Gasteiger partial charge in [-0.1, -0.05) is 75.4 Å². The van der Waals surface area contributed by atoms with E-state index >= 15 is 0 Å². The molecule has 5 aromatic rings. The van der Waals surface area contributed by atoms with Gasteiger partial charge in [0, 0.05) is 35.8 Å². The number of carbonyl (C=O) groups is 1. The van der Waals surface area contributed by atoms with E-state index in [0.717, 1.165) is 35.1 Å². The minimum absolute atomic E-state index is 0.133. The number of carbonyl (C=O) groups excluding carboxylic acids is 1. The first-order chi connectivity index (χ1) is 20.3. The third kappa shape index (κ3) is 6.96. The van der Waals surface area contributed by atoms with E-state index in [1.807, 2.05) is 72.8 Å². The first-order valence-electron chi connectivity index (χ1n) is 13.9. The van der Waals surface area contributed by atoms with Crippen LogP contribution in [0.2, 0.25) is 0 Å². The predicted molar refractivity (Wildman–Crippen MR) is 169 cm³/mol. The van der Waals surface area contributed by atoms with Crippen molar-refractivity contribution in [3.63, 3.8) is 0 Å². The summed E-state index contributed by atoms with van der Waals surface area (Å²) in [6.07, 6.45) is 4.38. The van der Waals surface area contributed by atoms with Crippen molar-refractivity contribution in [2.45, 2.75) is 32.6 Å². The maximum absolute atomic E-state index is 13.1. The summed E-state index contributed by atoms with van der Waals surface area (Å²) in [4.78, 5) is 21.9. The zero-order valence-corrected chi connectivity index (χ0v) is 24.3. The number of amides is 2. The van der Waals surface area contributed by atoms with Crippen molar-refractivity contribution in [1.29, 1.82) is 0 Å². The Kier molecular flexibility index (Phi) is 8.52. The molecule has 3 N–H and O–H groups in total. The molecule has 0 unspecified atom stereocenters. The zero-order valence-electron chi connectivity index (χ0n) is 24.3. The van der Waals surface area contributed by atoms with Gasteiger partial charge in [0.1, 0.15) is 23.0 Å². The molecule has 0 aliphatic rings. The van der Waals surface area contributed by atoms with Crippen LogP contribution in [-0.4, -0.2) is 29.7 Å². The summed E-state index contributed by atoms with van der Waals surface area (Å²) in [5.74, 6) is 2.41. The van der Waals surface area contributed by atoms with E-state index < -0.39 is 6.03 Å². The first kappa shape index (κ1) is 28.4. The lowest BCUT2D eigenvalue weighted by Gasteiger charge is -2.20. The molecule has 42 heavy (non-hydrogen) atoms. The second-order valence-corrected chi connectivity index (χ2v) is 10.9. The van der Waals surface area contributed by atoms with E-state index in [1.165, 1.54) is 12.7 Å². The smallest absolute Gasteiger partial charge is 0.323 e. The third-order valence-corrected chi connectivity index (χ3v) is 6.81. The highest BCUT2D eigenvalue weighted by Gasteiger charge is 2.19. The molecule has 3 aromatic carbocycles. The minimum Gasteiger partial charge on any atom is -0.480 e. The summed E-state index contributed by atoms with van der Waals surface area (Å²) in [5.41, 5.74) is 3.26. The summed E-state index contributed by atoms with van der Waals surface area (Å²) >= 11 is 0. The molecule has 0 saturated heterocycles. The molecule has 2 amide bonds. The van der Waals surface area contributed by atoms with E-state index in [-0.39, 0.29) is 5.41 Å². The van der Waals surface area contributed by atoms with Crippen molar-refractivity contribution in [3.05, 3.63) is 108 Å². The van der Waals surface area contributed by atoms with Crippen LogP contribution in [0, 0.1) is 0 Å². The number of fused-ring (bicyclic) bond motifs is 1. The van der Waals surface area contributed by atoms with Crippen LogP contribution in [0.3, 0.4) is 0 Å². The standard InChI is InChI=1S/C34H35N5O3/c1-34(2,3)24-20-29(32(41-4)37-22-24)39-33(40)38-28-14-15-30(27-13-9-8-12-26(27)28)42-25-17-19-36-31(21-25)35-18-16-23-10-6-5-7-11-23/h5-15,17,19-22H,16,18H2,1-4H3,(H,35,36)(H2,38,39,40). The molecule has 8 heteroatoms. The molecular weight excluding hydrogens is 526 g/mol. The number of aromatic nitrogens is 2. The lowest BCUT2D eigenvalue weighted by Crippen LogP contribution is -2.21. The molecule has 2 aromatic heterocycles. The Bertz CT molecular complexity index is 1680. The van der Waals surface area contributed by atoms with Gasteiger partial charge in [0.2, 0.25) is 5.88 Å². The maximum atomic E-state index is 13.1. The molecule has 0 bridgehead atoms. The summed E-state index contributed by atoms with van der Waals surface area (Å²) < 4.78 is 11.7. The predicted octanol–water partition coefficient (Wildman–Crippen LogP) is 8.03. The van der Waals surface area contributed by atoms with E-state index in [4.69, 9.17) is 9.47 Å². The van der Waals surface area contributed by atoms with Crippen LogP contribution in [0.5, 0.6) is 17.4 Å². The summed E-state index contributed by atoms with van der Waals surface area (Å²) in [5, 5.41) is 10.9. The molecule has 214 valence electrons. The number of ether oxygens (including phenoxy) is 2. The average molecular weight is 562 g/mol. The van der Waals surface area contributed by atoms with Crippen LogP contribution in [0.15, 0.2) is 97.3 Å². The Labute approximate surface area is 246 Å². The van der Waals surface area contributed by atoms with Gasteiger partial charge in [-0.25, -0.2) is 14.8 Å². The Morgan fingerprint density at radius 1 is 0.833 bits per heavy atom. The molecule has 0 radical (unpaired) electrons. The second-order valence-electron chi connectivity index (χ2n) is 10.9. The summed E-state index contributed by atoms with van der Waals surface area (Å²) in [6, 6.07) is 27.0. The van der Waals surface area contributed by atoms with E-state index in [0.29, 0.717) is 28.8 Å². The lowest BCUT2D eigenvalue weighted by molar-refractivity contribution is 0.262. The van der Waals surface area contributed by atoms with Crippen molar-refractivity contribution in [2.24, 2.45) is 0 Å². The van der Waals surface area contributed by atoms with Gasteiger partial charge in [0.25, 0.3) is 0 Å². The third-order valence-electron chi connectivity index (χ3n) is 6.81. The molecule has 5 rings (SSSR count). The molecule has 0 saturated carbocycles. The zero-order chi connectivity index (χ0) is 29.5. The molecular formula is C34H35N5O3. The number of nitrogens with one attached hydrogen (secondary N) is 3. The van der Waals surface area contributed by atoms with Gasteiger partial charge in [-0.05, 0) is 47.2 Å². The fourth-order valence-electron chi connectivity index (χ4n) is 4.54. The van der Waals surface area contributed by atoms with Crippen LogP contribution >= 0.6 is 0 Å². The number of hydrogen-bond donors (Lipinski definition) is 3. The molecule has 0 atom stereocenters. The number of nitrogens with zero attached hydrogens (tertiary/aromatic N) is 2. The Hall–Kier alpha value is -5.11. The average Bonchev–Trinajstić information content (AvgIpc) is 2.99. The van der Waals surface area contributed by atoms with Gasteiger partial charge < -0.3 is 25.4 Å². The topological polar surface area (TPSA) is 97.4 Å². The van der Waals surface area contributed by atoms with Crippen LogP contribution < -0.4 is 25.4 Å². The van der Waals surface area contributed by atoms with Gasteiger partial charge >= 0.3 is 6.03 Å². The van der Waals surface area contributed by atoms with Crippen molar-refractivity contribution in [1.82, 2.24) is 9.97 Å². The van der Waals surface area contributed by atoms with Gasteiger partial charge in [-0.2, -0.15) is 0 Å². The molecule has 2 heterocycles. The molecule has 0 spiro atoms. The van der Waals surface area contributed by atoms with E-state index in [9.17, 15) is 4.79 Å². The van der Waals surface area contributed by atoms with E-state index in [1.54, 1.807) is 12.4 Å². The maximum Gasteiger partial charge on any atom is 0.323 e. The van der Waals surface area contributed by atoms with Crippen molar-refractivity contribution < 1.29 is 14.3 Å². The van der Waals surface area contributed by atoms with Gasteiger partial charge in [-0.3, -0.25) is 0 Å². The largest absolute Gasteiger partial charge is 0.480 e. The quantitative estimate of drug-likeness (QED) is 0.169. The highest BCUT2D eigenvalue weighted by Crippen LogP contribution is 2.35. The highest BCUT2D eigenvalue weighted by molar-refractivity contribution is 6.07. The number of benzene rings is 3. The minimum atomic E-state index is -0.402. The number of pyridine rings is 2. The number of rotatable bonds is 9. The Morgan fingerprint density at radius 3 is 2.33 bits per heavy atom. The summed E-state index contributed by atoms with van der Waals surface area (Å²) in [6.45, 7) is 7.02. The van der Waals surface area contributed by atoms with Gasteiger partial charge in [-0.15, -0.1) is 0 Å². The second kappa shape index (κ2) is 12.6. The SMILES string of the molecule is COc1ncc(C(C)(C)C)cc1NC(=O)Nc1ccc(Oc2ccnc(NCCc3ccccc3)c2)c2ccccc12. The fraction of sp³-hybridized carbons (Fsp3) is 0.206. The van der Waals surface area contributed by atoms with Crippen LogP contribution in [-0.2, 0) is 11.8 Å². The number of anilines is 3. The molecule has 0 fully saturated rings. The number of urea groups is 1. The van der Waals surface area contributed by atoms with Crippen LogP contribution in [0.25, 0.3) is 10.8 Å². The Balaban J connectivity index is 1.30. The Morgan fingerprint density at radius 2 is 1.57 bits per heavy atom. The van der Waals surface area contributed by atoms with Gasteiger partial charge in [0.15, 0.2) is 0 Å². The normalized spacial score (nSPS) is 11.1. The summed E-state index contributed by atoms with van der Waals surface area (Å²) in [7, 11) is 1.53. The van der Waals surface area contributed by atoms with E-state index in [2.05, 4.69) is 58.8 Å². The fourth-order valence-corrected chi connectivity index (χ4v) is 4.54. The molecule has 0 aliphatic heterocycles. The van der Waals surface area contributed by atoms with Crippen LogP contribution in [0.4, 0.5) is 22.0 Å². The number of methoxy groups -OCH3 is 1. The van der Waals surface area contributed by atoms with Gasteiger partial charge in [0.05, 0.1) is 12.8 Å². The molecule has 0 aliphatic carbocycles. The first-order valence-corrected chi connectivity index (χ1v) is 13.9. The lowest BCUT2D eigenvalue weighted by atomic mass is 9.88. The van der Waals surface area contributed by atoms with Crippen molar-refractivity contribution >= 4 is 34.0 Å². The van der Waals surface area contributed by atoms with Crippen LogP contribution in [0.1, 0.15) is 31.9 Å². The van der Waals surface area contributed by atoms with Crippen molar-refractivity contribution in [2.75, 3.05) is 29.6 Å². The molecule has 8 nitrogen and oxygen atoms in total. The van der Waals surface area contributed by atoms with Crippen molar-refractivity contribution in [3.8, 4) is 17.4 Å².